The van der Waals surface area contributed by atoms with Crippen molar-refractivity contribution in [1.82, 2.24) is 0 Å². The number of rotatable bonds is 2. The Balaban J connectivity index is 2.56. The van der Waals surface area contributed by atoms with Crippen molar-refractivity contribution in [3.8, 4) is 0 Å². The zero-order valence-corrected chi connectivity index (χ0v) is 8.79. The van der Waals surface area contributed by atoms with Crippen LogP contribution in [0.5, 0.6) is 0 Å². The summed E-state index contributed by atoms with van der Waals surface area (Å²) in [5.41, 5.74) is -0.274. The molecule has 0 unspecified atom stereocenters. The van der Waals surface area contributed by atoms with Crippen molar-refractivity contribution in [3.63, 3.8) is 0 Å². The highest BCUT2D eigenvalue weighted by atomic mass is 19.2. The van der Waals surface area contributed by atoms with Crippen LogP contribution < -0.4 is 4.90 Å². The van der Waals surface area contributed by atoms with Crippen molar-refractivity contribution < 1.29 is 23.2 Å². The number of hydrogen-bond donors (Lipinski definition) is 0. The van der Waals surface area contributed by atoms with Crippen molar-refractivity contribution in [1.29, 1.82) is 0 Å². The Bertz CT molecular complexity index is 554. The molecule has 0 fully saturated rings. The van der Waals surface area contributed by atoms with Crippen LogP contribution in [0.1, 0.15) is 17.3 Å². The predicted octanol–water partition coefficient (Wildman–Crippen LogP) is 1.08. The molecule has 0 spiro atoms. The number of carbonyl (C=O) groups is 3. The lowest BCUT2D eigenvalue weighted by molar-refractivity contribution is -0.119. The van der Waals surface area contributed by atoms with Crippen LogP contribution in [0.15, 0.2) is 12.1 Å². The first kappa shape index (κ1) is 11.4. The van der Waals surface area contributed by atoms with Gasteiger partial charge in [-0.15, -0.1) is 0 Å². The average molecular weight is 239 g/mol. The Morgan fingerprint density at radius 2 is 1.82 bits per heavy atom. The Morgan fingerprint density at radius 3 is 2.41 bits per heavy atom. The number of benzene rings is 1. The second-order valence-electron chi connectivity index (χ2n) is 3.71. The number of carbonyl (C=O) groups excluding carboxylic acids is 3. The molecule has 17 heavy (non-hydrogen) atoms. The maximum atomic E-state index is 13.0. The lowest BCUT2D eigenvalue weighted by Crippen LogP contribution is -2.33. The quantitative estimate of drug-likeness (QED) is 0.726. The highest BCUT2D eigenvalue weighted by Crippen LogP contribution is 2.30. The minimum atomic E-state index is -1.20. The van der Waals surface area contributed by atoms with Gasteiger partial charge in [0.25, 0.3) is 11.7 Å². The first-order valence-electron chi connectivity index (χ1n) is 4.76. The van der Waals surface area contributed by atoms with Gasteiger partial charge in [0.05, 0.1) is 17.8 Å². The molecule has 1 aliphatic heterocycles. The maximum absolute atomic E-state index is 13.0. The van der Waals surface area contributed by atoms with Gasteiger partial charge in [-0.3, -0.25) is 19.3 Å². The third kappa shape index (κ3) is 1.71. The van der Waals surface area contributed by atoms with Gasteiger partial charge in [-0.25, -0.2) is 8.78 Å². The summed E-state index contributed by atoms with van der Waals surface area (Å²) in [5.74, 6) is -4.60. The Kier molecular flexibility index (Phi) is 2.49. The molecule has 0 saturated heterocycles. The van der Waals surface area contributed by atoms with E-state index >= 15 is 0 Å². The molecule has 0 aromatic heterocycles. The summed E-state index contributed by atoms with van der Waals surface area (Å²) in [6.07, 6.45) is 0. The van der Waals surface area contributed by atoms with Crippen LogP contribution >= 0.6 is 0 Å². The molecule has 1 aromatic rings. The van der Waals surface area contributed by atoms with Crippen molar-refractivity contribution in [3.05, 3.63) is 29.3 Å². The number of ketones is 2. The topological polar surface area (TPSA) is 54.5 Å². The van der Waals surface area contributed by atoms with Gasteiger partial charge in [0, 0.05) is 6.07 Å². The van der Waals surface area contributed by atoms with Crippen LogP contribution in [0.25, 0.3) is 0 Å². The zero-order valence-electron chi connectivity index (χ0n) is 8.79. The molecular formula is C11H7F2NO3. The van der Waals surface area contributed by atoms with Crippen molar-refractivity contribution in [2.24, 2.45) is 0 Å². The normalized spacial score (nSPS) is 14.2. The van der Waals surface area contributed by atoms with Gasteiger partial charge in [-0.2, -0.15) is 0 Å². The number of nitrogens with zero attached hydrogens (tertiary/aromatic N) is 1. The monoisotopic (exact) mass is 239 g/mol. The molecule has 6 heteroatoms. The van der Waals surface area contributed by atoms with E-state index in [1.807, 2.05) is 0 Å². The summed E-state index contributed by atoms with van der Waals surface area (Å²) in [4.78, 5) is 34.8. The SMILES string of the molecule is CC(=O)CN1C(=O)C(=O)c2cc(F)c(F)cc21. The van der Waals surface area contributed by atoms with Crippen LogP contribution in [0.4, 0.5) is 14.5 Å². The van der Waals surface area contributed by atoms with Gasteiger partial charge in [0.15, 0.2) is 11.6 Å². The molecule has 0 atom stereocenters. The zero-order chi connectivity index (χ0) is 12.7. The standard InChI is InChI=1S/C11H7F2NO3/c1-5(15)4-14-9-3-8(13)7(12)2-6(9)10(16)11(14)17/h2-3H,4H2,1H3. The number of Topliss-reactive ketones (excluding diaryl/α,β-unsaturated/α-hetero) is 2. The van der Waals surface area contributed by atoms with Crippen LogP contribution in [0, 0.1) is 11.6 Å². The molecule has 1 aliphatic rings. The molecule has 1 heterocycles. The third-order valence-electron chi connectivity index (χ3n) is 2.39. The number of fused-ring (bicyclic) bond motifs is 1. The third-order valence-corrected chi connectivity index (χ3v) is 2.39. The van der Waals surface area contributed by atoms with E-state index in [9.17, 15) is 23.2 Å². The lowest BCUT2D eigenvalue weighted by Gasteiger charge is -2.14. The van der Waals surface area contributed by atoms with E-state index in [0.29, 0.717) is 6.07 Å². The fourth-order valence-corrected chi connectivity index (χ4v) is 1.67. The molecule has 4 nitrogen and oxygen atoms in total. The van der Waals surface area contributed by atoms with E-state index in [0.717, 1.165) is 11.0 Å². The van der Waals surface area contributed by atoms with Crippen molar-refractivity contribution in [2.75, 3.05) is 11.4 Å². The molecule has 0 bridgehead atoms. The van der Waals surface area contributed by atoms with Gasteiger partial charge in [-0.05, 0) is 13.0 Å². The summed E-state index contributed by atoms with van der Waals surface area (Å²) in [7, 11) is 0. The van der Waals surface area contributed by atoms with Gasteiger partial charge >= 0.3 is 0 Å². The average Bonchev–Trinajstić information content (AvgIpc) is 2.45. The Hall–Kier alpha value is -2.11. The number of halogens is 2. The number of anilines is 1. The molecule has 0 saturated carbocycles. The van der Waals surface area contributed by atoms with Crippen molar-refractivity contribution >= 4 is 23.2 Å². The van der Waals surface area contributed by atoms with Crippen LogP contribution in [0.3, 0.4) is 0 Å². The molecule has 88 valence electrons. The molecule has 1 amide bonds. The predicted molar refractivity (Wildman–Crippen MR) is 53.7 cm³/mol. The molecule has 0 aliphatic carbocycles. The molecule has 0 radical (unpaired) electrons. The Labute approximate surface area is 94.8 Å². The van der Waals surface area contributed by atoms with Crippen LogP contribution in [-0.2, 0) is 9.59 Å². The van der Waals surface area contributed by atoms with Crippen molar-refractivity contribution in [2.45, 2.75) is 6.92 Å². The number of hydrogen-bond acceptors (Lipinski definition) is 3. The highest BCUT2D eigenvalue weighted by Gasteiger charge is 2.37. The summed E-state index contributed by atoms with van der Waals surface area (Å²) >= 11 is 0. The maximum Gasteiger partial charge on any atom is 0.299 e. The first-order chi connectivity index (χ1) is 7.91. The van der Waals surface area contributed by atoms with Crippen LogP contribution in [0.2, 0.25) is 0 Å². The van der Waals surface area contributed by atoms with Crippen LogP contribution in [-0.4, -0.2) is 24.0 Å². The minimum Gasteiger partial charge on any atom is -0.298 e. The van der Waals surface area contributed by atoms with E-state index in [1.165, 1.54) is 6.92 Å². The molecule has 1 aromatic carbocycles. The summed E-state index contributed by atoms with van der Waals surface area (Å²) in [5, 5.41) is 0. The Morgan fingerprint density at radius 1 is 1.24 bits per heavy atom. The lowest BCUT2D eigenvalue weighted by atomic mass is 10.1. The fraction of sp³-hybridized carbons (Fsp3) is 0.182. The minimum absolute atomic E-state index is 0.0610. The van der Waals surface area contributed by atoms with E-state index in [-0.39, 0.29) is 23.6 Å². The van der Waals surface area contributed by atoms with Gasteiger partial charge in [-0.1, -0.05) is 0 Å². The molecular weight excluding hydrogens is 232 g/mol. The van der Waals surface area contributed by atoms with E-state index < -0.39 is 23.3 Å². The summed E-state index contributed by atoms with van der Waals surface area (Å²) in [6, 6.07) is 1.42. The van der Waals surface area contributed by atoms with Gasteiger partial charge in [0.2, 0.25) is 0 Å². The second-order valence-corrected chi connectivity index (χ2v) is 3.71. The fourth-order valence-electron chi connectivity index (χ4n) is 1.67. The van der Waals surface area contributed by atoms with E-state index in [4.69, 9.17) is 0 Å². The summed E-state index contributed by atoms with van der Waals surface area (Å²) in [6.45, 7) is 0.901. The molecule has 0 N–H and O–H groups in total. The van der Waals surface area contributed by atoms with E-state index in [1.54, 1.807) is 0 Å². The smallest absolute Gasteiger partial charge is 0.298 e. The highest BCUT2D eigenvalue weighted by molar-refractivity contribution is 6.52. The van der Waals surface area contributed by atoms with Gasteiger partial charge in [0.1, 0.15) is 5.78 Å². The van der Waals surface area contributed by atoms with Gasteiger partial charge < -0.3 is 0 Å². The summed E-state index contributed by atoms with van der Waals surface area (Å²) < 4.78 is 26.0. The first-order valence-corrected chi connectivity index (χ1v) is 4.76. The van der Waals surface area contributed by atoms with E-state index in [2.05, 4.69) is 0 Å². The number of amides is 1. The second kappa shape index (κ2) is 3.73. The largest absolute Gasteiger partial charge is 0.299 e. The molecule has 2 rings (SSSR count).